The van der Waals surface area contributed by atoms with Crippen molar-refractivity contribution >= 4 is 38.4 Å². The Labute approximate surface area is 254 Å². The number of rotatable bonds is 8. The van der Waals surface area contributed by atoms with E-state index in [9.17, 15) is 28.2 Å². The maximum Gasteiger partial charge on any atom is 0.408 e. The molecular formula is C31H30F3N5O4S. The van der Waals surface area contributed by atoms with Gasteiger partial charge in [0.15, 0.2) is 0 Å². The molecule has 44 heavy (non-hydrogen) atoms. The highest BCUT2D eigenvalue weighted by molar-refractivity contribution is 7.17. The van der Waals surface area contributed by atoms with Gasteiger partial charge in [0.1, 0.15) is 29.6 Å². The van der Waals surface area contributed by atoms with E-state index in [-0.39, 0.29) is 23.9 Å². The average Bonchev–Trinajstić information content (AvgIpc) is 3.55. The SMILES string of the molecule is CC[C@@H]1CN(Cc2cc([C@@H](CC(=O)O)c3ccc4c(nnn4CC(F)(F)F)c3C)cc3ccsc23)Cc2nc(O)ccc2O1. The van der Waals surface area contributed by atoms with Gasteiger partial charge in [-0.2, -0.15) is 13.2 Å². The zero-order valence-electron chi connectivity index (χ0n) is 24.0. The summed E-state index contributed by atoms with van der Waals surface area (Å²) in [6.07, 6.45) is -3.98. The normalized spacial score (nSPS) is 16.5. The standard InChI is InChI=1S/C31H30F3N5O4S/c1-3-21-14-38(15-24-26(43-21)6-7-27(40)35-24)13-20-11-19(10-18-8-9-44-30(18)20)23(12-28(41)42)22-4-5-25-29(17(22)2)36-37-39(25)16-31(32,33)34/h4-11,21,23H,3,12-16H2,1-2H3,(H,35,40)(H,41,42)/t21-,23-/m1/s1. The molecular weight excluding hydrogens is 595 g/mol. The lowest BCUT2D eigenvalue weighted by molar-refractivity contribution is -0.142. The Hall–Kier alpha value is -4.23. The van der Waals surface area contributed by atoms with E-state index in [1.54, 1.807) is 30.4 Å². The Balaban J connectivity index is 1.40. The monoisotopic (exact) mass is 625 g/mol. The second-order valence-electron chi connectivity index (χ2n) is 11.1. The summed E-state index contributed by atoms with van der Waals surface area (Å²) in [4.78, 5) is 18.7. The molecule has 0 amide bonds. The van der Waals surface area contributed by atoms with E-state index in [0.717, 1.165) is 32.3 Å². The van der Waals surface area contributed by atoms with Crippen molar-refractivity contribution in [3.05, 3.63) is 75.8 Å². The Morgan fingerprint density at radius 2 is 2.02 bits per heavy atom. The van der Waals surface area contributed by atoms with Crippen LogP contribution in [0.25, 0.3) is 21.1 Å². The van der Waals surface area contributed by atoms with Gasteiger partial charge in [0.05, 0.1) is 11.9 Å². The maximum atomic E-state index is 13.1. The van der Waals surface area contributed by atoms with Gasteiger partial charge in [-0.05, 0) is 70.6 Å². The number of pyridine rings is 1. The van der Waals surface area contributed by atoms with Gasteiger partial charge in [0.25, 0.3) is 0 Å². The number of fused-ring (bicyclic) bond motifs is 3. The first-order valence-corrected chi connectivity index (χ1v) is 15.1. The van der Waals surface area contributed by atoms with Crippen molar-refractivity contribution in [3.8, 4) is 11.6 Å². The van der Waals surface area contributed by atoms with Gasteiger partial charge < -0.3 is 14.9 Å². The lowest BCUT2D eigenvalue weighted by Gasteiger charge is -2.25. The van der Waals surface area contributed by atoms with Crippen molar-refractivity contribution in [3.63, 3.8) is 0 Å². The molecule has 6 rings (SSSR count). The fourth-order valence-corrected chi connectivity index (χ4v) is 6.87. The number of nitrogens with zero attached hydrogens (tertiary/aromatic N) is 5. The number of aromatic hydroxyl groups is 1. The number of carbonyl (C=O) groups is 1. The zero-order valence-corrected chi connectivity index (χ0v) is 24.8. The molecule has 0 bridgehead atoms. The summed E-state index contributed by atoms with van der Waals surface area (Å²) < 4.78 is 47.4. The van der Waals surface area contributed by atoms with Crippen LogP contribution in [-0.2, 0) is 24.4 Å². The van der Waals surface area contributed by atoms with Crippen LogP contribution in [0.15, 0.2) is 47.8 Å². The van der Waals surface area contributed by atoms with Gasteiger partial charge >= 0.3 is 12.1 Å². The van der Waals surface area contributed by atoms with Crippen LogP contribution < -0.4 is 4.74 Å². The quantitative estimate of drug-likeness (QED) is 0.204. The number of aliphatic carboxylic acids is 1. The summed E-state index contributed by atoms with van der Waals surface area (Å²) >= 11 is 1.60. The van der Waals surface area contributed by atoms with Crippen molar-refractivity contribution in [1.29, 1.82) is 0 Å². The molecule has 230 valence electrons. The number of halogens is 3. The third kappa shape index (κ3) is 6.06. The molecule has 4 heterocycles. The molecule has 13 heteroatoms. The fourth-order valence-electron chi connectivity index (χ4n) is 5.98. The van der Waals surface area contributed by atoms with Gasteiger partial charge in [-0.1, -0.05) is 24.3 Å². The van der Waals surface area contributed by atoms with Gasteiger partial charge in [-0.15, -0.1) is 16.4 Å². The smallest absolute Gasteiger partial charge is 0.408 e. The molecule has 0 saturated heterocycles. The Morgan fingerprint density at radius 1 is 1.20 bits per heavy atom. The van der Waals surface area contributed by atoms with Crippen LogP contribution in [-0.4, -0.2) is 59.9 Å². The van der Waals surface area contributed by atoms with Crippen LogP contribution in [0.3, 0.4) is 0 Å². The molecule has 5 aromatic rings. The lowest BCUT2D eigenvalue weighted by Crippen LogP contribution is -2.32. The van der Waals surface area contributed by atoms with Crippen LogP contribution in [0, 0.1) is 6.92 Å². The third-order valence-corrected chi connectivity index (χ3v) is 9.02. The van der Waals surface area contributed by atoms with Crippen LogP contribution in [0.5, 0.6) is 11.6 Å². The molecule has 0 radical (unpaired) electrons. The minimum absolute atomic E-state index is 0.0767. The number of carboxylic acid groups (broad SMARTS) is 1. The van der Waals surface area contributed by atoms with Crippen molar-refractivity contribution < 1.29 is 32.9 Å². The third-order valence-electron chi connectivity index (χ3n) is 8.01. The Kier molecular flexibility index (Phi) is 7.93. The summed E-state index contributed by atoms with van der Waals surface area (Å²) in [6, 6.07) is 12.5. The first-order valence-electron chi connectivity index (χ1n) is 14.2. The van der Waals surface area contributed by atoms with E-state index in [2.05, 4.69) is 27.1 Å². The Morgan fingerprint density at radius 3 is 2.77 bits per heavy atom. The van der Waals surface area contributed by atoms with E-state index < -0.39 is 24.6 Å². The number of alkyl halides is 3. The summed E-state index contributed by atoms with van der Waals surface area (Å²) in [5, 5.41) is 30.7. The van der Waals surface area contributed by atoms with Gasteiger partial charge in [0, 0.05) is 36.3 Å². The minimum atomic E-state index is -4.46. The number of carboxylic acids is 1. The molecule has 2 atom stereocenters. The summed E-state index contributed by atoms with van der Waals surface area (Å²) in [5.74, 6) is -1.01. The van der Waals surface area contributed by atoms with Gasteiger partial charge in [-0.25, -0.2) is 9.67 Å². The first-order chi connectivity index (χ1) is 21.0. The molecule has 1 aliphatic heterocycles. The number of aryl methyl sites for hydroxylation is 1. The predicted molar refractivity (Wildman–Crippen MR) is 159 cm³/mol. The van der Waals surface area contributed by atoms with Crippen LogP contribution in [0.4, 0.5) is 13.2 Å². The highest BCUT2D eigenvalue weighted by Gasteiger charge is 2.31. The average molecular weight is 626 g/mol. The number of ether oxygens (including phenoxy) is 1. The summed E-state index contributed by atoms with van der Waals surface area (Å²) in [7, 11) is 0. The van der Waals surface area contributed by atoms with Gasteiger partial charge in [0.2, 0.25) is 5.88 Å². The number of hydrogen-bond donors (Lipinski definition) is 2. The van der Waals surface area contributed by atoms with E-state index in [4.69, 9.17) is 4.74 Å². The van der Waals surface area contributed by atoms with Crippen molar-refractivity contribution in [2.45, 2.75) is 64.5 Å². The summed E-state index contributed by atoms with van der Waals surface area (Å²) in [6.45, 7) is 4.15. The van der Waals surface area contributed by atoms with E-state index >= 15 is 0 Å². The molecule has 2 N–H and O–H groups in total. The molecule has 9 nitrogen and oxygen atoms in total. The second kappa shape index (κ2) is 11.7. The summed E-state index contributed by atoms with van der Waals surface area (Å²) in [5.41, 5.74) is 4.24. The molecule has 0 fully saturated rings. The molecule has 1 aliphatic rings. The molecule has 0 spiro atoms. The highest BCUT2D eigenvalue weighted by Crippen LogP contribution is 2.38. The van der Waals surface area contributed by atoms with E-state index in [1.807, 2.05) is 23.6 Å². The van der Waals surface area contributed by atoms with Crippen LogP contribution in [0.1, 0.15) is 53.6 Å². The lowest BCUT2D eigenvalue weighted by atomic mass is 9.84. The van der Waals surface area contributed by atoms with E-state index in [0.29, 0.717) is 47.7 Å². The van der Waals surface area contributed by atoms with Crippen molar-refractivity contribution in [2.75, 3.05) is 6.54 Å². The number of aromatic nitrogens is 4. The van der Waals surface area contributed by atoms with Gasteiger partial charge in [-0.3, -0.25) is 9.69 Å². The first kappa shape index (κ1) is 29.8. The Bertz CT molecular complexity index is 1850. The number of thiophene rings is 1. The second-order valence-corrected chi connectivity index (χ2v) is 12.0. The van der Waals surface area contributed by atoms with Crippen LogP contribution in [0.2, 0.25) is 0 Å². The van der Waals surface area contributed by atoms with Crippen molar-refractivity contribution in [1.82, 2.24) is 24.9 Å². The topological polar surface area (TPSA) is 114 Å². The largest absolute Gasteiger partial charge is 0.493 e. The molecule has 0 unspecified atom stereocenters. The maximum absolute atomic E-state index is 13.1. The zero-order chi connectivity index (χ0) is 31.2. The molecule has 3 aromatic heterocycles. The van der Waals surface area contributed by atoms with Crippen LogP contribution >= 0.6 is 11.3 Å². The van der Waals surface area contributed by atoms with Crippen molar-refractivity contribution in [2.24, 2.45) is 0 Å². The molecule has 0 saturated carbocycles. The van der Waals surface area contributed by atoms with E-state index in [1.165, 1.54) is 12.1 Å². The predicted octanol–water partition coefficient (Wildman–Crippen LogP) is 6.40. The highest BCUT2D eigenvalue weighted by atomic mass is 32.1. The fraction of sp³-hybridized carbons (Fsp3) is 0.355. The number of benzene rings is 2. The number of hydrogen-bond acceptors (Lipinski definition) is 8. The minimum Gasteiger partial charge on any atom is -0.493 e. The molecule has 0 aliphatic carbocycles. The molecule has 2 aromatic carbocycles.